The molecule has 0 saturated heterocycles. The lowest BCUT2D eigenvalue weighted by Crippen LogP contribution is -2.25. The number of fused-ring (bicyclic) bond motifs is 1. The molecule has 1 aromatic heterocycles. The number of para-hydroxylation sites is 1. The molecule has 0 aliphatic carbocycles. The summed E-state index contributed by atoms with van der Waals surface area (Å²) in [5, 5.41) is 1.54. The second-order valence-corrected chi connectivity index (χ2v) is 6.50. The lowest BCUT2D eigenvalue weighted by molar-refractivity contribution is -0.115. The standard InChI is InChI=1S/C17H14ClN3O2S/c18-13-7-3-1-5-11(13)9-21-16(23)12-6-2-4-8-14(12)20-17(21)24-10-15(19)22/h1-8H,9-10H2,(H2,19,22). The minimum absolute atomic E-state index is 0.0489. The number of benzene rings is 2. The van der Waals surface area contributed by atoms with Crippen molar-refractivity contribution in [3.05, 3.63) is 69.5 Å². The smallest absolute Gasteiger partial charge is 0.262 e. The van der Waals surface area contributed by atoms with Gasteiger partial charge < -0.3 is 5.73 Å². The first-order valence-electron chi connectivity index (χ1n) is 7.20. The van der Waals surface area contributed by atoms with Crippen LogP contribution in [0.15, 0.2) is 58.5 Å². The molecule has 0 fully saturated rings. The van der Waals surface area contributed by atoms with Gasteiger partial charge in [-0.25, -0.2) is 4.98 Å². The van der Waals surface area contributed by atoms with E-state index < -0.39 is 5.91 Å². The predicted molar refractivity (Wildman–Crippen MR) is 96.5 cm³/mol. The Morgan fingerprint density at radius 1 is 1.17 bits per heavy atom. The Kier molecular flexibility index (Phi) is 4.87. The lowest BCUT2D eigenvalue weighted by atomic mass is 10.2. The Balaban J connectivity index is 2.14. The molecule has 0 bridgehead atoms. The predicted octanol–water partition coefficient (Wildman–Crippen LogP) is 2.68. The summed E-state index contributed by atoms with van der Waals surface area (Å²) in [6.45, 7) is 0.275. The third kappa shape index (κ3) is 3.44. The van der Waals surface area contributed by atoms with Gasteiger partial charge in [-0.2, -0.15) is 0 Å². The fraction of sp³-hybridized carbons (Fsp3) is 0.118. The fourth-order valence-electron chi connectivity index (χ4n) is 2.33. The molecular formula is C17H14ClN3O2S. The molecule has 3 aromatic rings. The van der Waals surface area contributed by atoms with Crippen LogP contribution < -0.4 is 11.3 Å². The molecule has 0 spiro atoms. The number of hydrogen-bond acceptors (Lipinski definition) is 4. The topological polar surface area (TPSA) is 78.0 Å². The third-order valence-corrected chi connectivity index (χ3v) is 4.82. The second kappa shape index (κ2) is 7.07. The maximum Gasteiger partial charge on any atom is 0.262 e. The first kappa shape index (κ1) is 16.5. The van der Waals surface area contributed by atoms with Gasteiger partial charge in [-0.05, 0) is 23.8 Å². The second-order valence-electron chi connectivity index (χ2n) is 5.15. The number of aromatic nitrogens is 2. The maximum atomic E-state index is 12.9. The third-order valence-electron chi connectivity index (χ3n) is 3.46. The maximum absolute atomic E-state index is 12.9. The summed E-state index contributed by atoms with van der Waals surface area (Å²) < 4.78 is 1.52. The molecular weight excluding hydrogens is 346 g/mol. The summed E-state index contributed by atoms with van der Waals surface area (Å²) >= 11 is 7.35. The zero-order valence-corrected chi connectivity index (χ0v) is 14.2. The molecule has 1 heterocycles. The van der Waals surface area contributed by atoms with E-state index in [0.717, 1.165) is 17.3 Å². The summed E-state index contributed by atoms with van der Waals surface area (Å²) in [6.07, 6.45) is 0. The van der Waals surface area contributed by atoms with Gasteiger partial charge in [-0.1, -0.05) is 53.7 Å². The van der Waals surface area contributed by atoms with Crippen LogP contribution in [0.2, 0.25) is 5.02 Å². The van der Waals surface area contributed by atoms with Crippen LogP contribution in [0.5, 0.6) is 0 Å². The van der Waals surface area contributed by atoms with Crippen molar-refractivity contribution < 1.29 is 4.79 Å². The van der Waals surface area contributed by atoms with E-state index in [1.807, 2.05) is 24.3 Å². The summed E-state index contributed by atoms with van der Waals surface area (Å²) in [6, 6.07) is 14.4. The Morgan fingerprint density at radius 2 is 1.88 bits per heavy atom. The minimum Gasteiger partial charge on any atom is -0.369 e. The van der Waals surface area contributed by atoms with Crippen molar-refractivity contribution in [3.63, 3.8) is 0 Å². The average molecular weight is 360 g/mol. The minimum atomic E-state index is -0.466. The van der Waals surface area contributed by atoms with Crippen molar-refractivity contribution in [1.29, 1.82) is 0 Å². The van der Waals surface area contributed by atoms with Crippen molar-refractivity contribution in [2.24, 2.45) is 5.73 Å². The van der Waals surface area contributed by atoms with Gasteiger partial charge in [0.2, 0.25) is 5.91 Å². The van der Waals surface area contributed by atoms with Crippen molar-refractivity contribution in [3.8, 4) is 0 Å². The Bertz CT molecular complexity index is 971. The number of rotatable bonds is 5. The molecule has 3 rings (SSSR count). The van der Waals surface area contributed by atoms with E-state index in [9.17, 15) is 9.59 Å². The zero-order chi connectivity index (χ0) is 17.1. The fourth-order valence-corrected chi connectivity index (χ4v) is 3.26. The van der Waals surface area contributed by atoms with Crippen LogP contribution in [0.25, 0.3) is 10.9 Å². The number of carbonyl (C=O) groups is 1. The van der Waals surface area contributed by atoms with Gasteiger partial charge in [0.25, 0.3) is 5.56 Å². The highest BCUT2D eigenvalue weighted by atomic mass is 35.5. The van der Waals surface area contributed by atoms with E-state index in [1.165, 1.54) is 4.57 Å². The number of halogens is 1. The van der Waals surface area contributed by atoms with E-state index >= 15 is 0 Å². The van der Waals surface area contributed by atoms with Crippen LogP contribution in [-0.2, 0) is 11.3 Å². The summed E-state index contributed by atoms with van der Waals surface area (Å²) in [7, 11) is 0. The number of thioether (sulfide) groups is 1. The average Bonchev–Trinajstić information content (AvgIpc) is 2.57. The Morgan fingerprint density at radius 3 is 2.62 bits per heavy atom. The normalized spacial score (nSPS) is 10.9. The lowest BCUT2D eigenvalue weighted by Gasteiger charge is -2.13. The monoisotopic (exact) mass is 359 g/mol. The van der Waals surface area contributed by atoms with Crippen LogP contribution in [0.3, 0.4) is 0 Å². The van der Waals surface area contributed by atoms with Crippen LogP contribution >= 0.6 is 23.4 Å². The molecule has 0 aliphatic rings. The molecule has 0 saturated carbocycles. The number of primary amides is 1. The summed E-state index contributed by atoms with van der Waals surface area (Å²) in [5.74, 6) is -0.417. The number of hydrogen-bond donors (Lipinski definition) is 1. The van der Waals surface area contributed by atoms with Gasteiger partial charge in [0.05, 0.1) is 23.2 Å². The van der Waals surface area contributed by atoms with Crippen molar-refractivity contribution in [1.82, 2.24) is 9.55 Å². The van der Waals surface area contributed by atoms with Crippen LogP contribution in [-0.4, -0.2) is 21.2 Å². The SMILES string of the molecule is NC(=O)CSc1nc2ccccc2c(=O)n1Cc1ccccc1Cl. The highest BCUT2D eigenvalue weighted by molar-refractivity contribution is 7.99. The van der Waals surface area contributed by atoms with Gasteiger partial charge in [0.15, 0.2) is 5.16 Å². The molecule has 5 nitrogen and oxygen atoms in total. The van der Waals surface area contributed by atoms with Crippen LogP contribution in [0.1, 0.15) is 5.56 Å². The van der Waals surface area contributed by atoms with Gasteiger partial charge >= 0.3 is 0 Å². The van der Waals surface area contributed by atoms with E-state index in [4.69, 9.17) is 17.3 Å². The van der Waals surface area contributed by atoms with E-state index in [0.29, 0.717) is 21.1 Å². The molecule has 24 heavy (non-hydrogen) atoms. The van der Waals surface area contributed by atoms with Gasteiger partial charge in [-0.3, -0.25) is 14.2 Å². The number of nitrogens with two attached hydrogens (primary N) is 1. The largest absolute Gasteiger partial charge is 0.369 e. The molecule has 7 heteroatoms. The highest BCUT2D eigenvalue weighted by Crippen LogP contribution is 2.21. The molecule has 0 atom stereocenters. The van der Waals surface area contributed by atoms with Crippen LogP contribution in [0, 0.1) is 0 Å². The molecule has 2 aromatic carbocycles. The first-order chi connectivity index (χ1) is 11.6. The summed E-state index contributed by atoms with van der Waals surface area (Å²) in [4.78, 5) is 28.5. The molecule has 0 radical (unpaired) electrons. The molecule has 122 valence electrons. The number of nitrogens with zero attached hydrogens (tertiary/aromatic N) is 2. The first-order valence-corrected chi connectivity index (χ1v) is 8.56. The highest BCUT2D eigenvalue weighted by Gasteiger charge is 2.13. The molecule has 0 aliphatic heterocycles. The molecule has 1 amide bonds. The van der Waals surface area contributed by atoms with Gasteiger partial charge in [-0.15, -0.1) is 0 Å². The van der Waals surface area contributed by atoms with Crippen molar-refractivity contribution in [2.45, 2.75) is 11.7 Å². The van der Waals surface area contributed by atoms with Crippen molar-refractivity contribution >= 4 is 40.2 Å². The van der Waals surface area contributed by atoms with E-state index in [-0.39, 0.29) is 17.9 Å². The zero-order valence-electron chi connectivity index (χ0n) is 12.6. The van der Waals surface area contributed by atoms with Gasteiger partial charge in [0.1, 0.15) is 0 Å². The summed E-state index contributed by atoms with van der Waals surface area (Å²) in [5.41, 5.74) is 6.44. The van der Waals surface area contributed by atoms with E-state index in [2.05, 4.69) is 4.98 Å². The van der Waals surface area contributed by atoms with E-state index in [1.54, 1.807) is 24.3 Å². The molecule has 2 N–H and O–H groups in total. The number of amides is 1. The Hall–Kier alpha value is -2.31. The van der Waals surface area contributed by atoms with Crippen LogP contribution in [0.4, 0.5) is 0 Å². The number of carbonyl (C=O) groups excluding carboxylic acids is 1. The van der Waals surface area contributed by atoms with Gasteiger partial charge in [0, 0.05) is 5.02 Å². The quantitative estimate of drug-likeness (QED) is 0.561. The van der Waals surface area contributed by atoms with Crippen molar-refractivity contribution in [2.75, 3.05) is 5.75 Å². The molecule has 0 unspecified atom stereocenters. The Labute approximate surface area is 147 Å².